The highest BCUT2D eigenvalue weighted by Crippen LogP contribution is 2.56. The van der Waals surface area contributed by atoms with E-state index in [0.29, 0.717) is 10.6 Å². The van der Waals surface area contributed by atoms with Crippen molar-refractivity contribution in [2.75, 3.05) is 6.54 Å². The molecule has 0 aromatic heterocycles. The minimum Gasteiger partial charge on any atom is -0.724 e. The van der Waals surface area contributed by atoms with E-state index in [1.807, 2.05) is 0 Å². The van der Waals surface area contributed by atoms with Gasteiger partial charge in [-0.3, -0.25) is 4.79 Å². The summed E-state index contributed by atoms with van der Waals surface area (Å²) in [4.78, 5) is 24.0. The number of allylic oxidation sites excluding steroid dienone is 1. The van der Waals surface area contributed by atoms with Crippen molar-refractivity contribution in [3.8, 4) is 0 Å². The van der Waals surface area contributed by atoms with Gasteiger partial charge in [-0.15, -0.1) is 0 Å². The van der Waals surface area contributed by atoms with E-state index >= 15 is 0 Å². The molecule has 2 N–H and O–H groups in total. The van der Waals surface area contributed by atoms with Gasteiger partial charge in [-0.1, -0.05) is 66.7 Å². The van der Waals surface area contributed by atoms with Crippen LogP contribution in [0.1, 0.15) is 13.8 Å². The molecule has 0 aliphatic carbocycles. The Bertz CT molecular complexity index is 1420. The highest BCUT2D eigenvalue weighted by atomic mass is 32.3. The SMILES string of the molecule is C/C=C/[P+](c1ccccc1)(c1ccccc1)c1ccccc1.CC1=C[C@@H](C(N)=O)N2C[C@@H]1N(OS(=O)(=O)[O-])C2=O. The van der Waals surface area contributed by atoms with Crippen LogP contribution in [-0.2, 0) is 19.5 Å². The molecule has 2 bridgehead atoms. The second-order valence-electron chi connectivity index (χ2n) is 9.23. The lowest BCUT2D eigenvalue weighted by molar-refractivity contribution is -0.120. The van der Waals surface area contributed by atoms with E-state index in [4.69, 9.17) is 5.73 Å². The van der Waals surface area contributed by atoms with Crippen LogP contribution >= 0.6 is 7.26 Å². The molecule has 0 spiro atoms. The molecule has 1 fully saturated rings. The first kappa shape index (κ1) is 29.2. The van der Waals surface area contributed by atoms with Crippen molar-refractivity contribution in [2.24, 2.45) is 5.73 Å². The van der Waals surface area contributed by atoms with Crippen LogP contribution in [-0.4, -0.2) is 53.5 Å². The van der Waals surface area contributed by atoms with Gasteiger partial charge >= 0.3 is 6.03 Å². The van der Waals surface area contributed by atoms with Crippen LogP contribution in [0.3, 0.4) is 0 Å². The Balaban J connectivity index is 0.000000189. The molecule has 3 aromatic rings. The topological polar surface area (TPSA) is 133 Å². The van der Waals surface area contributed by atoms with Gasteiger partial charge in [0.15, 0.2) is 0 Å². The molecule has 9 nitrogen and oxygen atoms in total. The number of urea groups is 1. The van der Waals surface area contributed by atoms with Crippen LogP contribution in [0.15, 0.2) is 115 Å². The minimum absolute atomic E-state index is 0.0459. The van der Waals surface area contributed by atoms with Crippen LogP contribution < -0.4 is 21.6 Å². The third-order valence-electron chi connectivity index (χ3n) is 6.70. The average molecular weight is 580 g/mol. The number of nitrogens with zero attached hydrogens (tertiary/aromatic N) is 2. The minimum atomic E-state index is -5.06. The van der Waals surface area contributed by atoms with Crippen molar-refractivity contribution in [3.05, 3.63) is 115 Å². The second-order valence-corrected chi connectivity index (χ2v) is 13.5. The van der Waals surface area contributed by atoms with E-state index in [1.165, 1.54) is 22.0 Å². The first-order valence-electron chi connectivity index (χ1n) is 12.5. The van der Waals surface area contributed by atoms with Crippen LogP contribution in [0.4, 0.5) is 4.79 Å². The van der Waals surface area contributed by atoms with Crippen LogP contribution in [0.5, 0.6) is 0 Å². The zero-order valence-corrected chi connectivity index (χ0v) is 23.7. The summed E-state index contributed by atoms with van der Waals surface area (Å²) in [6.45, 7) is 3.75. The molecule has 3 aromatic carbocycles. The second kappa shape index (κ2) is 12.1. The number of benzene rings is 3. The van der Waals surface area contributed by atoms with E-state index in [2.05, 4.69) is 114 Å². The predicted octanol–water partition coefficient (Wildman–Crippen LogP) is 2.81. The number of hydrogen-bond donors (Lipinski definition) is 1. The first-order valence-corrected chi connectivity index (χ1v) is 15.7. The van der Waals surface area contributed by atoms with Crippen molar-refractivity contribution < 1.29 is 26.8 Å². The smallest absolute Gasteiger partial charge is 0.346 e. The van der Waals surface area contributed by atoms with Gasteiger partial charge in [0.05, 0.1) is 12.4 Å². The van der Waals surface area contributed by atoms with Gasteiger partial charge in [-0.2, -0.15) is 9.35 Å². The number of nitrogens with two attached hydrogens (primary N) is 1. The molecule has 2 aliphatic rings. The van der Waals surface area contributed by atoms with Crippen LogP contribution in [0.2, 0.25) is 0 Å². The maximum Gasteiger partial charge on any atom is 0.346 e. The fourth-order valence-corrected chi connectivity index (χ4v) is 9.10. The molecule has 0 saturated carbocycles. The van der Waals surface area contributed by atoms with Crippen molar-refractivity contribution in [1.29, 1.82) is 0 Å². The number of fused-ring (bicyclic) bond motifs is 2. The lowest BCUT2D eigenvalue weighted by Gasteiger charge is -2.26. The largest absolute Gasteiger partial charge is 0.724 e. The fraction of sp³-hybridized carbons (Fsp3) is 0.172. The molecule has 2 atom stereocenters. The van der Waals surface area contributed by atoms with Crippen molar-refractivity contribution in [3.63, 3.8) is 0 Å². The third-order valence-corrected chi connectivity index (χ3v) is 11.1. The fourth-order valence-electron chi connectivity index (χ4n) is 4.95. The Hall–Kier alpha value is -3.82. The molecule has 0 unspecified atom stereocenters. The van der Waals surface area contributed by atoms with E-state index < -0.39 is 41.7 Å². The summed E-state index contributed by atoms with van der Waals surface area (Å²) in [6, 6.07) is 30.1. The lowest BCUT2D eigenvalue weighted by atomic mass is 10.0. The molecule has 3 amide bonds. The standard InChI is InChI=1S/C21H20P.C8H11N3O6S/c1-2-18-22(19-12-6-3-7-13-19,20-14-8-4-9-15-20)21-16-10-5-11-17-21;1-4-2-5(7(9)12)10-3-6(4)11(8(10)13)17-18(14,15)16/h2-18H,1H3;2,5-6H,3H2,1H3,(H2,9,12)(H,14,15,16)/q+1;/p-1/b18-2+;/t;5-,6-/m.0/s1. The maximum absolute atomic E-state index is 11.8. The first-order chi connectivity index (χ1) is 19.1. The van der Waals surface area contributed by atoms with Crippen LogP contribution in [0, 0.1) is 0 Å². The monoisotopic (exact) mass is 579 g/mol. The van der Waals surface area contributed by atoms with Gasteiger partial charge in [0, 0.05) is 0 Å². The number of amides is 3. The summed E-state index contributed by atoms with van der Waals surface area (Å²) in [5.41, 5.74) is 5.66. The Labute approximate surface area is 234 Å². The molecule has 11 heteroatoms. The number of carbonyl (C=O) groups is 2. The summed E-state index contributed by atoms with van der Waals surface area (Å²) >= 11 is 0. The average Bonchev–Trinajstić information content (AvgIpc) is 3.21. The Morgan fingerprint density at radius 3 is 1.77 bits per heavy atom. The van der Waals surface area contributed by atoms with E-state index in [9.17, 15) is 22.6 Å². The highest BCUT2D eigenvalue weighted by molar-refractivity contribution is 7.98. The highest BCUT2D eigenvalue weighted by Gasteiger charge is 2.48. The Morgan fingerprint density at radius 2 is 1.40 bits per heavy atom. The normalized spacial score (nSPS) is 18.8. The van der Waals surface area contributed by atoms with Crippen LogP contribution in [0.25, 0.3) is 0 Å². The lowest BCUT2D eigenvalue weighted by Crippen LogP contribution is -2.46. The number of hydrogen-bond acceptors (Lipinski definition) is 6. The number of primary amides is 1. The maximum atomic E-state index is 11.8. The molecule has 2 aliphatic heterocycles. The molecular formula is C29H30N3O6PS. The molecule has 40 heavy (non-hydrogen) atoms. The van der Waals surface area contributed by atoms with E-state index in [1.54, 1.807) is 6.92 Å². The number of hydroxylamine groups is 2. The van der Waals surface area contributed by atoms with Gasteiger partial charge in [-0.05, 0) is 55.8 Å². The zero-order valence-electron chi connectivity index (χ0n) is 22.0. The van der Waals surface area contributed by atoms with Gasteiger partial charge in [0.25, 0.3) is 0 Å². The summed E-state index contributed by atoms with van der Waals surface area (Å²) < 4.78 is 35.7. The summed E-state index contributed by atoms with van der Waals surface area (Å²) in [7, 11) is -6.79. The van der Waals surface area contributed by atoms with Gasteiger partial charge in [0.1, 0.15) is 35.3 Å². The molecular weight excluding hydrogens is 549 g/mol. The molecule has 0 radical (unpaired) electrons. The van der Waals surface area contributed by atoms with E-state index in [-0.39, 0.29) is 6.54 Å². The van der Waals surface area contributed by atoms with Gasteiger partial charge < -0.3 is 15.2 Å². The van der Waals surface area contributed by atoms with E-state index in [0.717, 1.165) is 4.90 Å². The zero-order chi connectivity index (χ0) is 28.9. The quantitative estimate of drug-likeness (QED) is 0.198. The number of carbonyl (C=O) groups excluding carboxylic acids is 2. The summed E-state index contributed by atoms with van der Waals surface area (Å²) in [5, 5.41) is 4.64. The predicted molar refractivity (Wildman–Crippen MR) is 155 cm³/mol. The Kier molecular flexibility index (Phi) is 8.85. The molecule has 5 rings (SSSR count). The number of rotatable bonds is 7. The Morgan fingerprint density at radius 1 is 0.950 bits per heavy atom. The molecule has 208 valence electrons. The van der Waals surface area contributed by atoms with Gasteiger partial charge in [0.2, 0.25) is 16.3 Å². The third kappa shape index (κ3) is 6.00. The summed E-state index contributed by atoms with van der Waals surface area (Å²) in [5.74, 6) is 1.67. The van der Waals surface area contributed by atoms with Crippen molar-refractivity contribution >= 4 is 45.5 Å². The van der Waals surface area contributed by atoms with Gasteiger partial charge in [-0.25, -0.2) is 13.2 Å². The molecule has 1 saturated heterocycles. The summed E-state index contributed by atoms with van der Waals surface area (Å²) in [6.07, 6.45) is 3.63. The molecule has 2 heterocycles. The van der Waals surface area contributed by atoms with Crippen molar-refractivity contribution in [2.45, 2.75) is 25.9 Å². The van der Waals surface area contributed by atoms with Crippen molar-refractivity contribution in [1.82, 2.24) is 9.96 Å².